The van der Waals surface area contributed by atoms with Crippen molar-refractivity contribution in [3.05, 3.63) is 29.8 Å². The summed E-state index contributed by atoms with van der Waals surface area (Å²) in [6.45, 7) is 6.80. The lowest BCUT2D eigenvalue weighted by Crippen LogP contribution is -2.48. The largest absolute Gasteiger partial charge is 0.416 e. The van der Waals surface area contributed by atoms with E-state index >= 15 is 0 Å². The summed E-state index contributed by atoms with van der Waals surface area (Å²) in [5, 5.41) is 2.99. The number of benzene rings is 1. The van der Waals surface area contributed by atoms with Gasteiger partial charge in [0, 0.05) is 44.8 Å². The second-order valence-electron chi connectivity index (χ2n) is 5.57. The highest BCUT2D eigenvalue weighted by Gasteiger charge is 2.29. The Labute approximate surface area is 134 Å². The van der Waals surface area contributed by atoms with Crippen LogP contribution in [0.4, 0.5) is 18.9 Å². The molecule has 23 heavy (non-hydrogen) atoms. The summed E-state index contributed by atoms with van der Waals surface area (Å²) >= 11 is 0. The fourth-order valence-corrected chi connectivity index (χ4v) is 2.56. The number of halogens is 3. The fourth-order valence-electron chi connectivity index (χ4n) is 2.56. The highest BCUT2D eigenvalue weighted by Crippen LogP contribution is 2.29. The molecule has 1 aliphatic heterocycles. The number of alkyl halides is 3. The number of anilines is 1. The number of hydrogen-bond acceptors (Lipinski definition) is 3. The van der Waals surface area contributed by atoms with Crippen LogP contribution in [-0.2, 0) is 11.0 Å². The Morgan fingerprint density at radius 3 is 2.26 bits per heavy atom. The first-order valence-corrected chi connectivity index (χ1v) is 7.81. The lowest BCUT2D eigenvalue weighted by molar-refractivity contribution is -0.137. The van der Waals surface area contributed by atoms with Crippen molar-refractivity contribution < 1.29 is 18.0 Å². The van der Waals surface area contributed by atoms with E-state index in [2.05, 4.69) is 17.1 Å². The van der Waals surface area contributed by atoms with E-state index in [0.29, 0.717) is 18.7 Å². The summed E-state index contributed by atoms with van der Waals surface area (Å²) in [7, 11) is 0. The topological polar surface area (TPSA) is 35.6 Å². The van der Waals surface area contributed by atoms with Gasteiger partial charge in [-0.25, -0.2) is 0 Å². The molecular formula is C16H22F3N3O. The van der Waals surface area contributed by atoms with Crippen LogP contribution in [0.5, 0.6) is 0 Å². The van der Waals surface area contributed by atoms with Gasteiger partial charge < -0.3 is 15.1 Å². The molecule has 1 amide bonds. The van der Waals surface area contributed by atoms with E-state index in [1.165, 1.54) is 12.1 Å². The summed E-state index contributed by atoms with van der Waals surface area (Å²) in [4.78, 5) is 16.2. The number of amides is 1. The van der Waals surface area contributed by atoms with Gasteiger partial charge in [0.1, 0.15) is 0 Å². The van der Waals surface area contributed by atoms with E-state index in [-0.39, 0.29) is 5.91 Å². The maximum atomic E-state index is 12.5. The number of piperazine rings is 1. The molecule has 1 aliphatic rings. The minimum absolute atomic E-state index is 0.0835. The van der Waals surface area contributed by atoms with Gasteiger partial charge in [0.15, 0.2) is 0 Å². The molecular weight excluding hydrogens is 307 g/mol. The Hall–Kier alpha value is -1.76. The third kappa shape index (κ3) is 5.13. The third-order valence-electron chi connectivity index (χ3n) is 4.05. The molecule has 2 rings (SSSR count). The van der Waals surface area contributed by atoms with Gasteiger partial charge in [0.2, 0.25) is 5.91 Å². The lowest BCUT2D eigenvalue weighted by Gasteiger charge is -2.34. The Kier molecular flexibility index (Phi) is 5.87. The van der Waals surface area contributed by atoms with Gasteiger partial charge in [0.25, 0.3) is 0 Å². The normalized spacial score (nSPS) is 16.4. The molecule has 0 bridgehead atoms. The average Bonchev–Trinajstić information content (AvgIpc) is 2.54. The Balaban J connectivity index is 1.73. The molecule has 0 radical (unpaired) electrons. The van der Waals surface area contributed by atoms with Crippen LogP contribution in [0.2, 0.25) is 0 Å². The number of carbonyl (C=O) groups excluding carboxylic acids is 1. The molecule has 1 aromatic carbocycles. The van der Waals surface area contributed by atoms with Gasteiger partial charge in [-0.15, -0.1) is 0 Å². The van der Waals surface area contributed by atoms with E-state index in [9.17, 15) is 18.0 Å². The van der Waals surface area contributed by atoms with Crippen LogP contribution in [0.1, 0.15) is 18.9 Å². The summed E-state index contributed by atoms with van der Waals surface area (Å²) in [5.41, 5.74) is -0.0884. The first kappa shape index (κ1) is 17.6. The van der Waals surface area contributed by atoms with E-state index in [1.807, 2.05) is 4.90 Å². The second-order valence-corrected chi connectivity index (χ2v) is 5.57. The zero-order valence-corrected chi connectivity index (χ0v) is 13.2. The fraction of sp³-hybridized carbons (Fsp3) is 0.562. The monoisotopic (exact) mass is 329 g/mol. The molecule has 0 aromatic heterocycles. The van der Waals surface area contributed by atoms with Gasteiger partial charge in [-0.2, -0.15) is 13.2 Å². The number of likely N-dealkylation sites (N-methyl/N-ethyl adjacent to an activating group) is 1. The predicted octanol–water partition coefficient (Wildman–Crippen LogP) is 2.67. The van der Waals surface area contributed by atoms with Crippen molar-refractivity contribution in [2.24, 2.45) is 0 Å². The Morgan fingerprint density at radius 1 is 1.13 bits per heavy atom. The van der Waals surface area contributed by atoms with Crippen LogP contribution in [0, 0.1) is 0 Å². The molecule has 0 unspecified atom stereocenters. The van der Waals surface area contributed by atoms with Crippen molar-refractivity contribution >= 4 is 11.6 Å². The van der Waals surface area contributed by atoms with E-state index in [1.54, 1.807) is 0 Å². The van der Waals surface area contributed by atoms with Crippen LogP contribution in [0.3, 0.4) is 0 Å². The standard InChI is InChI=1S/C16H22F3N3O/c1-2-21-9-11-22(12-10-21)15(23)7-8-20-14-5-3-13(4-6-14)16(17,18)19/h3-6,20H,2,7-12H2,1H3. The number of hydrogen-bond donors (Lipinski definition) is 1. The van der Waals surface area contributed by atoms with Crippen LogP contribution in [0.15, 0.2) is 24.3 Å². The molecule has 0 spiro atoms. The number of carbonyl (C=O) groups is 1. The van der Waals surface area contributed by atoms with Gasteiger partial charge in [0.05, 0.1) is 5.56 Å². The van der Waals surface area contributed by atoms with Gasteiger partial charge in [-0.05, 0) is 30.8 Å². The Bertz CT molecular complexity index is 508. The molecule has 1 N–H and O–H groups in total. The molecule has 7 heteroatoms. The van der Waals surface area contributed by atoms with Crippen LogP contribution >= 0.6 is 0 Å². The summed E-state index contributed by atoms with van der Waals surface area (Å²) in [6.07, 6.45) is -3.98. The summed E-state index contributed by atoms with van der Waals surface area (Å²) < 4.78 is 37.4. The maximum Gasteiger partial charge on any atom is 0.416 e. The van der Waals surface area contributed by atoms with Crippen molar-refractivity contribution in [3.8, 4) is 0 Å². The highest BCUT2D eigenvalue weighted by atomic mass is 19.4. The van der Waals surface area contributed by atoms with Crippen LogP contribution in [0.25, 0.3) is 0 Å². The number of rotatable bonds is 5. The second kappa shape index (κ2) is 7.68. The van der Waals surface area contributed by atoms with Gasteiger partial charge in [-0.3, -0.25) is 4.79 Å². The van der Waals surface area contributed by atoms with Crippen LogP contribution in [-0.4, -0.2) is 55.0 Å². The van der Waals surface area contributed by atoms with Crippen molar-refractivity contribution in [1.82, 2.24) is 9.80 Å². The molecule has 128 valence electrons. The zero-order valence-electron chi connectivity index (χ0n) is 13.2. The van der Waals surface area contributed by atoms with Crippen LogP contribution < -0.4 is 5.32 Å². The number of nitrogens with one attached hydrogen (secondary N) is 1. The first-order valence-electron chi connectivity index (χ1n) is 7.81. The smallest absolute Gasteiger partial charge is 0.385 e. The Morgan fingerprint density at radius 2 is 1.74 bits per heavy atom. The molecule has 0 aliphatic carbocycles. The molecule has 0 atom stereocenters. The average molecular weight is 329 g/mol. The SMILES string of the molecule is CCN1CCN(C(=O)CCNc2ccc(C(F)(F)F)cc2)CC1. The quantitative estimate of drug-likeness (QED) is 0.902. The first-order chi connectivity index (χ1) is 10.9. The predicted molar refractivity (Wildman–Crippen MR) is 83.2 cm³/mol. The maximum absolute atomic E-state index is 12.5. The molecule has 1 fully saturated rings. The van der Waals surface area contributed by atoms with Gasteiger partial charge >= 0.3 is 6.18 Å². The summed E-state index contributed by atoms with van der Waals surface area (Å²) in [5.74, 6) is 0.0835. The van der Waals surface area contributed by atoms with Crippen molar-refractivity contribution in [2.75, 3.05) is 44.6 Å². The molecule has 0 saturated carbocycles. The van der Waals surface area contributed by atoms with E-state index in [4.69, 9.17) is 0 Å². The van der Waals surface area contributed by atoms with Crippen molar-refractivity contribution in [3.63, 3.8) is 0 Å². The zero-order chi connectivity index (χ0) is 16.9. The third-order valence-corrected chi connectivity index (χ3v) is 4.05. The van der Waals surface area contributed by atoms with E-state index < -0.39 is 11.7 Å². The molecule has 1 heterocycles. The van der Waals surface area contributed by atoms with Crippen molar-refractivity contribution in [1.29, 1.82) is 0 Å². The molecule has 1 saturated heterocycles. The number of nitrogens with zero attached hydrogens (tertiary/aromatic N) is 2. The highest BCUT2D eigenvalue weighted by molar-refractivity contribution is 5.76. The lowest BCUT2D eigenvalue weighted by atomic mass is 10.2. The molecule has 4 nitrogen and oxygen atoms in total. The van der Waals surface area contributed by atoms with Gasteiger partial charge in [-0.1, -0.05) is 6.92 Å². The van der Waals surface area contributed by atoms with E-state index in [0.717, 1.165) is 44.9 Å². The minimum Gasteiger partial charge on any atom is -0.385 e. The summed E-state index contributed by atoms with van der Waals surface area (Å²) in [6, 6.07) is 4.84. The molecule has 1 aromatic rings. The minimum atomic E-state index is -4.32. The van der Waals surface area contributed by atoms with Crippen molar-refractivity contribution in [2.45, 2.75) is 19.5 Å².